The molecule has 2 N–H and O–H groups in total. The summed E-state index contributed by atoms with van der Waals surface area (Å²) in [5.74, 6) is -0.968. The molecule has 0 radical (unpaired) electrons. The number of hydrogen-bond donors (Lipinski definition) is 2. The van der Waals surface area contributed by atoms with Crippen molar-refractivity contribution in [2.24, 2.45) is 5.92 Å². The lowest BCUT2D eigenvalue weighted by molar-refractivity contribution is -0.149. The molecule has 1 rings (SSSR count). The van der Waals surface area contributed by atoms with Crippen molar-refractivity contribution in [2.45, 2.75) is 25.0 Å². The summed E-state index contributed by atoms with van der Waals surface area (Å²) >= 11 is 0. The van der Waals surface area contributed by atoms with Gasteiger partial charge in [0, 0.05) is 0 Å². The van der Waals surface area contributed by atoms with E-state index < -0.39 is 24.1 Å². The van der Waals surface area contributed by atoms with Gasteiger partial charge in [-0.2, -0.15) is 0 Å². The van der Waals surface area contributed by atoms with Crippen LogP contribution in [0.2, 0.25) is 0 Å². The van der Waals surface area contributed by atoms with E-state index in [0.717, 1.165) is 0 Å². The van der Waals surface area contributed by atoms with E-state index in [2.05, 4.69) is 4.74 Å². The maximum absolute atomic E-state index is 10.9. The van der Waals surface area contributed by atoms with Crippen LogP contribution in [0.3, 0.4) is 0 Å². The number of aliphatic hydroxyl groups is 2. The quantitative estimate of drug-likeness (QED) is 0.497. The van der Waals surface area contributed by atoms with Crippen LogP contribution in [0.15, 0.2) is 0 Å². The molecule has 0 aromatic heterocycles. The highest BCUT2D eigenvalue weighted by Gasteiger charge is 2.38. The molecule has 0 saturated heterocycles. The number of methoxy groups -OCH3 is 1. The normalized spacial score (nSPS) is 37.2. The molecule has 64 valence electrons. The molecule has 0 aromatic rings. The van der Waals surface area contributed by atoms with Crippen LogP contribution >= 0.6 is 0 Å². The fourth-order valence-corrected chi connectivity index (χ4v) is 1.37. The third kappa shape index (κ3) is 1.52. The molecule has 1 fully saturated rings. The number of aliphatic hydroxyl groups excluding tert-OH is 2. The Morgan fingerprint density at radius 2 is 2.09 bits per heavy atom. The zero-order valence-corrected chi connectivity index (χ0v) is 6.36. The van der Waals surface area contributed by atoms with Crippen molar-refractivity contribution < 1.29 is 19.7 Å². The van der Waals surface area contributed by atoms with E-state index in [9.17, 15) is 9.90 Å². The molecule has 3 atom stereocenters. The second-order valence-electron chi connectivity index (χ2n) is 2.76. The van der Waals surface area contributed by atoms with Crippen molar-refractivity contribution in [3.05, 3.63) is 0 Å². The lowest BCUT2D eigenvalue weighted by atomic mass is 10.1. The summed E-state index contributed by atoms with van der Waals surface area (Å²) in [6.07, 6.45) is -0.725. The van der Waals surface area contributed by atoms with E-state index in [-0.39, 0.29) is 0 Å². The van der Waals surface area contributed by atoms with Gasteiger partial charge >= 0.3 is 5.97 Å². The number of rotatable bonds is 1. The highest BCUT2D eigenvalue weighted by atomic mass is 16.5. The fourth-order valence-electron chi connectivity index (χ4n) is 1.37. The fraction of sp³-hybridized carbons (Fsp3) is 0.857. The van der Waals surface area contributed by atoms with E-state index in [1.807, 2.05) is 0 Å². The predicted octanol–water partition coefficient (Wildman–Crippen LogP) is -0.709. The molecule has 11 heavy (non-hydrogen) atoms. The molecule has 0 spiro atoms. The van der Waals surface area contributed by atoms with Crippen LogP contribution in [-0.4, -0.2) is 35.5 Å². The minimum absolute atomic E-state index is 0.436. The maximum atomic E-state index is 10.9. The summed E-state index contributed by atoms with van der Waals surface area (Å²) in [5, 5.41) is 18.3. The van der Waals surface area contributed by atoms with Crippen molar-refractivity contribution in [1.29, 1.82) is 0 Å². The summed E-state index contributed by atoms with van der Waals surface area (Å²) in [7, 11) is 1.28. The van der Waals surface area contributed by atoms with E-state index in [0.29, 0.717) is 12.8 Å². The van der Waals surface area contributed by atoms with Crippen molar-refractivity contribution in [1.82, 2.24) is 0 Å². The SMILES string of the molecule is COC(=O)[C@@H]1CC[C@@H](O)[C@H]1O. The van der Waals surface area contributed by atoms with Crippen LogP contribution < -0.4 is 0 Å². The van der Waals surface area contributed by atoms with Crippen LogP contribution in [0.4, 0.5) is 0 Å². The first-order valence-corrected chi connectivity index (χ1v) is 3.60. The first kappa shape index (κ1) is 8.49. The Bertz CT molecular complexity index is 157. The molecule has 0 heterocycles. The molecule has 1 saturated carbocycles. The third-order valence-electron chi connectivity index (χ3n) is 2.08. The Balaban J connectivity index is 2.54. The summed E-state index contributed by atoms with van der Waals surface area (Å²) in [5.41, 5.74) is 0. The molecule has 0 unspecified atom stereocenters. The largest absolute Gasteiger partial charge is 0.469 e. The van der Waals surface area contributed by atoms with Crippen LogP contribution in [0, 0.1) is 5.92 Å². The maximum Gasteiger partial charge on any atom is 0.311 e. The average molecular weight is 160 g/mol. The minimum Gasteiger partial charge on any atom is -0.469 e. The number of carbonyl (C=O) groups is 1. The summed E-state index contributed by atoms with van der Waals surface area (Å²) < 4.78 is 4.44. The Kier molecular flexibility index (Phi) is 2.46. The van der Waals surface area contributed by atoms with E-state index in [1.54, 1.807) is 0 Å². The van der Waals surface area contributed by atoms with Crippen molar-refractivity contribution in [3.8, 4) is 0 Å². The van der Waals surface area contributed by atoms with E-state index >= 15 is 0 Å². The van der Waals surface area contributed by atoms with Gasteiger partial charge < -0.3 is 14.9 Å². The minimum atomic E-state index is -0.942. The Hall–Kier alpha value is -0.610. The smallest absolute Gasteiger partial charge is 0.311 e. The standard InChI is InChI=1S/C7H12O4/c1-11-7(10)4-2-3-5(8)6(4)9/h4-6,8-9H,2-3H2,1H3/t4-,5-,6+/m1/s1. The van der Waals surface area contributed by atoms with E-state index in [1.165, 1.54) is 7.11 Å². The Morgan fingerprint density at radius 3 is 2.45 bits per heavy atom. The van der Waals surface area contributed by atoms with Crippen molar-refractivity contribution in [2.75, 3.05) is 7.11 Å². The lowest BCUT2D eigenvalue weighted by Crippen LogP contribution is -2.30. The van der Waals surface area contributed by atoms with Gasteiger partial charge in [0.15, 0.2) is 0 Å². The summed E-state index contributed by atoms with van der Waals surface area (Å²) in [6.45, 7) is 0. The lowest BCUT2D eigenvalue weighted by Gasteiger charge is -2.13. The summed E-state index contributed by atoms with van der Waals surface area (Å²) in [4.78, 5) is 10.9. The molecule has 4 nitrogen and oxygen atoms in total. The van der Waals surface area contributed by atoms with Crippen LogP contribution in [0.5, 0.6) is 0 Å². The molecule has 0 aromatic carbocycles. The van der Waals surface area contributed by atoms with Crippen LogP contribution in [0.25, 0.3) is 0 Å². The van der Waals surface area contributed by atoms with Crippen LogP contribution in [-0.2, 0) is 9.53 Å². The molecule has 0 aliphatic heterocycles. The van der Waals surface area contributed by atoms with Gasteiger partial charge in [-0.1, -0.05) is 0 Å². The first-order chi connectivity index (χ1) is 5.16. The van der Waals surface area contributed by atoms with Gasteiger partial charge in [-0.15, -0.1) is 0 Å². The molecule has 1 aliphatic rings. The molecule has 1 aliphatic carbocycles. The van der Waals surface area contributed by atoms with Gasteiger partial charge in [-0.05, 0) is 12.8 Å². The first-order valence-electron chi connectivity index (χ1n) is 3.60. The molecule has 0 bridgehead atoms. The van der Waals surface area contributed by atoms with E-state index in [4.69, 9.17) is 5.11 Å². The topological polar surface area (TPSA) is 66.8 Å². The monoisotopic (exact) mass is 160 g/mol. The van der Waals surface area contributed by atoms with Gasteiger partial charge in [0.2, 0.25) is 0 Å². The van der Waals surface area contributed by atoms with Crippen LogP contribution in [0.1, 0.15) is 12.8 Å². The zero-order valence-electron chi connectivity index (χ0n) is 6.36. The number of esters is 1. The van der Waals surface area contributed by atoms with Gasteiger partial charge in [0.1, 0.15) is 0 Å². The molecule has 4 heteroatoms. The van der Waals surface area contributed by atoms with Gasteiger partial charge in [0.05, 0.1) is 25.2 Å². The number of hydrogen-bond acceptors (Lipinski definition) is 4. The highest BCUT2D eigenvalue weighted by molar-refractivity contribution is 5.73. The van der Waals surface area contributed by atoms with Crippen molar-refractivity contribution in [3.63, 3.8) is 0 Å². The highest BCUT2D eigenvalue weighted by Crippen LogP contribution is 2.26. The number of carbonyl (C=O) groups excluding carboxylic acids is 1. The Morgan fingerprint density at radius 1 is 1.45 bits per heavy atom. The second-order valence-corrected chi connectivity index (χ2v) is 2.76. The molecule has 0 amide bonds. The number of ether oxygens (including phenoxy) is 1. The second kappa shape index (κ2) is 3.19. The van der Waals surface area contributed by atoms with Crippen molar-refractivity contribution >= 4 is 5.97 Å². The Labute approximate surface area is 64.8 Å². The van der Waals surface area contributed by atoms with Gasteiger partial charge in [-0.3, -0.25) is 4.79 Å². The predicted molar refractivity (Wildman–Crippen MR) is 36.8 cm³/mol. The zero-order chi connectivity index (χ0) is 8.43. The molecular formula is C7H12O4. The van der Waals surface area contributed by atoms with Gasteiger partial charge in [0.25, 0.3) is 0 Å². The average Bonchev–Trinajstić information content (AvgIpc) is 2.32. The molecular weight excluding hydrogens is 148 g/mol. The van der Waals surface area contributed by atoms with Gasteiger partial charge in [-0.25, -0.2) is 0 Å². The third-order valence-corrected chi connectivity index (χ3v) is 2.08. The summed E-state index contributed by atoms with van der Waals surface area (Å²) in [6, 6.07) is 0.